The van der Waals surface area contributed by atoms with E-state index in [-0.39, 0.29) is 0 Å². The van der Waals surface area contributed by atoms with Gasteiger partial charge in [0.1, 0.15) is 0 Å². The maximum Gasteiger partial charge on any atom is 0.225 e. The highest BCUT2D eigenvalue weighted by molar-refractivity contribution is 5.79. The molecule has 1 saturated carbocycles. The number of nitrogens with one attached hydrogen (secondary N) is 1. The van der Waals surface area contributed by atoms with Gasteiger partial charge in [0, 0.05) is 25.6 Å². The molecule has 1 aliphatic heterocycles. The molecule has 14 heavy (non-hydrogen) atoms. The first-order chi connectivity index (χ1) is 6.79. The van der Waals surface area contributed by atoms with E-state index in [1.54, 1.807) is 0 Å². The van der Waals surface area contributed by atoms with E-state index >= 15 is 0 Å². The summed E-state index contributed by atoms with van der Waals surface area (Å²) >= 11 is 0. The lowest BCUT2D eigenvalue weighted by Crippen LogP contribution is -2.41. The van der Waals surface area contributed by atoms with Crippen LogP contribution in [0.15, 0.2) is 0 Å². The van der Waals surface area contributed by atoms with Crippen molar-refractivity contribution in [2.75, 3.05) is 20.1 Å². The molecular formula is C11H20N2O. The number of hydrogen-bond donors (Lipinski definition) is 1. The molecule has 80 valence electrons. The predicted octanol–water partition coefficient (Wildman–Crippen LogP) is 0.997. The van der Waals surface area contributed by atoms with Gasteiger partial charge in [-0.3, -0.25) is 4.79 Å². The van der Waals surface area contributed by atoms with E-state index in [9.17, 15) is 4.79 Å². The third-order valence-electron chi connectivity index (χ3n) is 3.63. The van der Waals surface area contributed by atoms with E-state index in [1.165, 1.54) is 12.8 Å². The maximum atomic E-state index is 12.0. The fraction of sp³-hybridized carbons (Fsp3) is 0.909. The van der Waals surface area contributed by atoms with Crippen LogP contribution in [0.2, 0.25) is 0 Å². The number of carbonyl (C=O) groups is 1. The number of nitrogens with zero attached hydrogens (tertiary/aromatic N) is 1. The molecule has 3 nitrogen and oxygen atoms in total. The van der Waals surface area contributed by atoms with Crippen LogP contribution >= 0.6 is 0 Å². The zero-order chi connectivity index (χ0) is 9.97. The Labute approximate surface area is 85.8 Å². The fourth-order valence-corrected chi connectivity index (χ4v) is 2.61. The Morgan fingerprint density at radius 1 is 1.29 bits per heavy atom. The Morgan fingerprint density at radius 3 is 2.57 bits per heavy atom. The second-order valence-corrected chi connectivity index (χ2v) is 4.58. The Balaban J connectivity index is 1.89. The van der Waals surface area contributed by atoms with Crippen LogP contribution in [-0.4, -0.2) is 37.0 Å². The van der Waals surface area contributed by atoms with Crippen LogP contribution in [0, 0.1) is 5.92 Å². The van der Waals surface area contributed by atoms with Crippen LogP contribution in [0.1, 0.15) is 32.1 Å². The SMILES string of the molecule is CN(C(=O)C1CCCC1)[C@@H]1CCNC1. The monoisotopic (exact) mass is 196 g/mol. The van der Waals surface area contributed by atoms with Gasteiger partial charge in [-0.2, -0.15) is 0 Å². The molecule has 1 saturated heterocycles. The van der Waals surface area contributed by atoms with Crippen molar-refractivity contribution in [1.29, 1.82) is 0 Å². The van der Waals surface area contributed by atoms with Gasteiger partial charge >= 0.3 is 0 Å². The second kappa shape index (κ2) is 4.30. The third-order valence-corrected chi connectivity index (χ3v) is 3.63. The van der Waals surface area contributed by atoms with Crippen LogP contribution in [0.3, 0.4) is 0 Å². The van der Waals surface area contributed by atoms with Gasteiger partial charge in [0.2, 0.25) is 5.91 Å². The molecule has 0 radical (unpaired) electrons. The number of carbonyl (C=O) groups excluding carboxylic acids is 1. The van der Waals surface area contributed by atoms with Crippen molar-refractivity contribution in [2.24, 2.45) is 5.92 Å². The zero-order valence-electron chi connectivity index (χ0n) is 8.96. The molecule has 1 atom stereocenters. The minimum absolute atomic E-state index is 0.334. The molecule has 0 bridgehead atoms. The van der Waals surface area contributed by atoms with Crippen LogP contribution in [0.4, 0.5) is 0 Å². The predicted molar refractivity (Wildman–Crippen MR) is 56.0 cm³/mol. The summed E-state index contributed by atoms with van der Waals surface area (Å²) in [6.07, 6.45) is 5.84. The topological polar surface area (TPSA) is 32.3 Å². The maximum absolute atomic E-state index is 12.0. The molecule has 0 aromatic heterocycles. The van der Waals surface area contributed by atoms with E-state index in [0.29, 0.717) is 17.9 Å². The van der Waals surface area contributed by atoms with Crippen molar-refractivity contribution in [3.63, 3.8) is 0 Å². The van der Waals surface area contributed by atoms with Crippen molar-refractivity contribution in [2.45, 2.75) is 38.1 Å². The average molecular weight is 196 g/mol. The molecule has 1 amide bonds. The number of likely N-dealkylation sites (N-methyl/N-ethyl adjacent to an activating group) is 1. The molecule has 2 fully saturated rings. The number of amides is 1. The molecule has 1 aliphatic carbocycles. The largest absolute Gasteiger partial charge is 0.341 e. The Bertz CT molecular complexity index is 205. The minimum atomic E-state index is 0.334. The summed E-state index contributed by atoms with van der Waals surface area (Å²) in [6, 6.07) is 0.447. The van der Waals surface area contributed by atoms with Crippen LogP contribution < -0.4 is 5.32 Å². The molecule has 0 spiro atoms. The van der Waals surface area contributed by atoms with Crippen molar-refractivity contribution < 1.29 is 4.79 Å². The second-order valence-electron chi connectivity index (χ2n) is 4.58. The van der Waals surface area contributed by atoms with Crippen molar-refractivity contribution in [3.05, 3.63) is 0 Å². The summed E-state index contributed by atoms with van der Waals surface area (Å²) < 4.78 is 0. The molecule has 1 heterocycles. The van der Waals surface area contributed by atoms with Crippen molar-refractivity contribution in [1.82, 2.24) is 10.2 Å². The molecule has 2 rings (SSSR count). The highest BCUT2D eigenvalue weighted by Gasteiger charge is 2.30. The van der Waals surface area contributed by atoms with E-state index in [0.717, 1.165) is 32.4 Å². The first kappa shape index (κ1) is 9.97. The summed E-state index contributed by atoms with van der Waals surface area (Å²) in [4.78, 5) is 14.0. The lowest BCUT2D eigenvalue weighted by atomic mass is 10.1. The lowest BCUT2D eigenvalue weighted by Gasteiger charge is -2.26. The van der Waals surface area contributed by atoms with Crippen molar-refractivity contribution in [3.8, 4) is 0 Å². The van der Waals surface area contributed by atoms with Crippen LogP contribution in [0.25, 0.3) is 0 Å². The van der Waals surface area contributed by atoms with E-state index in [1.807, 2.05) is 11.9 Å². The van der Waals surface area contributed by atoms with Crippen LogP contribution in [-0.2, 0) is 4.79 Å². The van der Waals surface area contributed by atoms with Gasteiger partial charge in [0.05, 0.1) is 0 Å². The first-order valence-corrected chi connectivity index (χ1v) is 5.76. The number of hydrogen-bond acceptors (Lipinski definition) is 2. The van der Waals surface area contributed by atoms with Gasteiger partial charge in [0.25, 0.3) is 0 Å². The minimum Gasteiger partial charge on any atom is -0.341 e. The zero-order valence-corrected chi connectivity index (χ0v) is 8.96. The lowest BCUT2D eigenvalue weighted by molar-refractivity contribution is -0.135. The molecule has 1 N–H and O–H groups in total. The Hall–Kier alpha value is -0.570. The standard InChI is InChI=1S/C11H20N2O/c1-13(10-6-7-12-8-10)11(14)9-4-2-3-5-9/h9-10,12H,2-8H2,1H3/t10-/m1/s1. The number of rotatable bonds is 2. The summed E-state index contributed by atoms with van der Waals surface area (Å²) in [5.74, 6) is 0.719. The molecule has 3 heteroatoms. The van der Waals surface area contributed by atoms with E-state index in [2.05, 4.69) is 5.32 Å². The van der Waals surface area contributed by atoms with Gasteiger partial charge in [-0.05, 0) is 25.8 Å². The highest BCUT2D eigenvalue weighted by Crippen LogP contribution is 2.27. The van der Waals surface area contributed by atoms with E-state index in [4.69, 9.17) is 0 Å². The van der Waals surface area contributed by atoms with Gasteiger partial charge in [-0.15, -0.1) is 0 Å². The highest BCUT2D eigenvalue weighted by atomic mass is 16.2. The third kappa shape index (κ3) is 1.92. The Kier molecular flexibility index (Phi) is 3.06. The molecule has 0 unspecified atom stereocenters. The molecule has 2 aliphatic rings. The van der Waals surface area contributed by atoms with Gasteiger partial charge in [-0.25, -0.2) is 0 Å². The summed E-state index contributed by atoms with van der Waals surface area (Å²) in [5.41, 5.74) is 0. The normalized spacial score (nSPS) is 28.2. The average Bonchev–Trinajstić information content (AvgIpc) is 2.87. The van der Waals surface area contributed by atoms with Gasteiger partial charge in [-0.1, -0.05) is 12.8 Å². The van der Waals surface area contributed by atoms with Gasteiger partial charge < -0.3 is 10.2 Å². The first-order valence-electron chi connectivity index (χ1n) is 5.76. The Morgan fingerprint density at radius 2 is 2.00 bits per heavy atom. The molecule has 0 aromatic rings. The van der Waals surface area contributed by atoms with Crippen molar-refractivity contribution >= 4 is 5.91 Å². The molecule has 0 aromatic carbocycles. The smallest absolute Gasteiger partial charge is 0.225 e. The summed E-state index contributed by atoms with van der Waals surface area (Å²) in [5, 5.41) is 3.30. The van der Waals surface area contributed by atoms with Crippen LogP contribution in [0.5, 0.6) is 0 Å². The van der Waals surface area contributed by atoms with Gasteiger partial charge in [0.15, 0.2) is 0 Å². The quantitative estimate of drug-likeness (QED) is 0.714. The van der Waals surface area contributed by atoms with E-state index < -0.39 is 0 Å². The molecular weight excluding hydrogens is 176 g/mol. The summed E-state index contributed by atoms with van der Waals surface area (Å²) in [7, 11) is 1.97. The fourth-order valence-electron chi connectivity index (χ4n) is 2.61. The summed E-state index contributed by atoms with van der Waals surface area (Å²) in [6.45, 7) is 2.04.